The van der Waals surface area contributed by atoms with Crippen molar-refractivity contribution in [3.8, 4) is 0 Å². The zero-order valence-electron chi connectivity index (χ0n) is 11.9. The molecule has 0 aromatic heterocycles. The second kappa shape index (κ2) is 5.87. The summed E-state index contributed by atoms with van der Waals surface area (Å²) in [6, 6.07) is 5.49. The number of aryl methyl sites for hydroxylation is 2. The van der Waals surface area contributed by atoms with E-state index in [2.05, 4.69) is 5.32 Å². The summed E-state index contributed by atoms with van der Waals surface area (Å²) >= 11 is 0. The Balaban J connectivity index is 2.97. The van der Waals surface area contributed by atoms with Gasteiger partial charge in [0.05, 0.1) is 0 Å². The van der Waals surface area contributed by atoms with Crippen molar-refractivity contribution < 1.29 is 14.7 Å². The summed E-state index contributed by atoms with van der Waals surface area (Å²) in [5, 5.41) is 11.9. The highest BCUT2D eigenvalue weighted by Crippen LogP contribution is 2.16. The van der Waals surface area contributed by atoms with Crippen LogP contribution in [0.3, 0.4) is 0 Å². The molecular formula is C15H21NO3. The van der Waals surface area contributed by atoms with E-state index in [0.29, 0.717) is 18.4 Å². The van der Waals surface area contributed by atoms with E-state index < -0.39 is 11.5 Å². The van der Waals surface area contributed by atoms with E-state index in [9.17, 15) is 14.7 Å². The van der Waals surface area contributed by atoms with Crippen LogP contribution < -0.4 is 5.32 Å². The molecule has 0 aliphatic heterocycles. The lowest BCUT2D eigenvalue weighted by molar-refractivity contribution is -0.144. The Morgan fingerprint density at radius 3 is 2.42 bits per heavy atom. The Labute approximate surface area is 113 Å². The summed E-state index contributed by atoms with van der Waals surface area (Å²) in [4.78, 5) is 23.5. The summed E-state index contributed by atoms with van der Waals surface area (Å²) in [7, 11) is 0. The van der Waals surface area contributed by atoms with Crippen molar-refractivity contribution in [2.24, 2.45) is 0 Å². The van der Waals surface area contributed by atoms with Gasteiger partial charge in [-0.15, -0.1) is 0 Å². The maximum absolute atomic E-state index is 12.2. The van der Waals surface area contributed by atoms with Crippen molar-refractivity contribution in [2.45, 2.75) is 46.1 Å². The van der Waals surface area contributed by atoms with Crippen LogP contribution in [0.25, 0.3) is 0 Å². The molecule has 0 fully saturated rings. The van der Waals surface area contributed by atoms with Gasteiger partial charge in [0.2, 0.25) is 0 Å². The maximum Gasteiger partial charge on any atom is 0.329 e. The van der Waals surface area contributed by atoms with Crippen LogP contribution in [0.1, 0.15) is 48.2 Å². The maximum atomic E-state index is 12.2. The van der Waals surface area contributed by atoms with E-state index in [4.69, 9.17) is 0 Å². The van der Waals surface area contributed by atoms with Crippen LogP contribution in [0.2, 0.25) is 0 Å². The second-order valence-electron chi connectivity index (χ2n) is 5.16. The fourth-order valence-corrected chi connectivity index (χ4v) is 2.11. The number of nitrogens with one attached hydrogen (secondary N) is 1. The van der Waals surface area contributed by atoms with Crippen LogP contribution >= 0.6 is 0 Å². The molecule has 0 saturated heterocycles. The number of rotatable bonds is 5. The molecule has 2 N–H and O–H groups in total. The topological polar surface area (TPSA) is 66.4 Å². The molecule has 104 valence electrons. The molecule has 0 heterocycles. The highest BCUT2D eigenvalue weighted by Gasteiger charge is 2.34. The SMILES string of the molecule is CCCC(C)(NC(=O)c1ccc(C)cc1C)C(=O)O. The summed E-state index contributed by atoms with van der Waals surface area (Å²) < 4.78 is 0. The van der Waals surface area contributed by atoms with Crippen molar-refractivity contribution in [1.82, 2.24) is 5.32 Å². The quantitative estimate of drug-likeness (QED) is 0.858. The van der Waals surface area contributed by atoms with Crippen LogP contribution in [-0.2, 0) is 4.79 Å². The van der Waals surface area contributed by atoms with Crippen LogP contribution in [-0.4, -0.2) is 22.5 Å². The lowest BCUT2D eigenvalue weighted by Gasteiger charge is -2.26. The molecule has 1 rings (SSSR count). The molecule has 1 atom stereocenters. The Morgan fingerprint density at radius 2 is 1.95 bits per heavy atom. The average Bonchev–Trinajstić information content (AvgIpc) is 2.28. The number of carbonyl (C=O) groups is 2. The van der Waals surface area contributed by atoms with Gasteiger partial charge in [0.25, 0.3) is 5.91 Å². The third-order valence-corrected chi connectivity index (χ3v) is 3.24. The van der Waals surface area contributed by atoms with E-state index >= 15 is 0 Å². The second-order valence-corrected chi connectivity index (χ2v) is 5.16. The Hall–Kier alpha value is -1.84. The third kappa shape index (κ3) is 3.56. The van der Waals surface area contributed by atoms with Crippen LogP contribution in [0.15, 0.2) is 18.2 Å². The lowest BCUT2D eigenvalue weighted by Crippen LogP contribution is -2.52. The number of carboxylic acid groups (broad SMARTS) is 1. The van der Waals surface area contributed by atoms with Crippen molar-refractivity contribution in [3.63, 3.8) is 0 Å². The monoisotopic (exact) mass is 263 g/mol. The van der Waals surface area contributed by atoms with Crippen LogP contribution in [0.4, 0.5) is 0 Å². The van der Waals surface area contributed by atoms with Crippen molar-refractivity contribution >= 4 is 11.9 Å². The molecular weight excluding hydrogens is 242 g/mol. The minimum atomic E-state index is -1.22. The minimum absolute atomic E-state index is 0.337. The van der Waals surface area contributed by atoms with E-state index in [1.165, 1.54) is 0 Å². The zero-order valence-corrected chi connectivity index (χ0v) is 11.9. The normalized spacial score (nSPS) is 13.7. The molecule has 4 nitrogen and oxygen atoms in total. The standard InChI is InChI=1S/C15H21NO3/c1-5-8-15(4,14(18)19)16-13(17)12-7-6-10(2)9-11(12)3/h6-7,9H,5,8H2,1-4H3,(H,16,17)(H,18,19). The molecule has 19 heavy (non-hydrogen) atoms. The van der Waals surface area contributed by atoms with Crippen LogP contribution in [0, 0.1) is 13.8 Å². The molecule has 0 spiro atoms. The summed E-state index contributed by atoms with van der Waals surface area (Å²) in [6.45, 7) is 7.23. The first-order valence-corrected chi connectivity index (χ1v) is 6.43. The van der Waals surface area contributed by atoms with Gasteiger partial charge in [0, 0.05) is 5.56 Å². The molecule has 1 unspecified atom stereocenters. The largest absolute Gasteiger partial charge is 0.480 e. The lowest BCUT2D eigenvalue weighted by atomic mass is 9.95. The van der Waals surface area contributed by atoms with Gasteiger partial charge in [-0.3, -0.25) is 4.79 Å². The molecule has 0 saturated carbocycles. The van der Waals surface area contributed by atoms with E-state index in [0.717, 1.165) is 11.1 Å². The van der Waals surface area contributed by atoms with Gasteiger partial charge in [-0.2, -0.15) is 0 Å². The summed E-state index contributed by atoms with van der Waals surface area (Å²) in [6.07, 6.45) is 1.09. The van der Waals surface area contributed by atoms with Gasteiger partial charge in [-0.1, -0.05) is 31.0 Å². The Morgan fingerprint density at radius 1 is 1.32 bits per heavy atom. The van der Waals surface area contributed by atoms with E-state index in [1.807, 2.05) is 32.9 Å². The molecule has 0 radical (unpaired) electrons. The average molecular weight is 263 g/mol. The molecule has 0 aliphatic rings. The van der Waals surface area contributed by atoms with Gasteiger partial charge in [-0.25, -0.2) is 4.79 Å². The van der Waals surface area contributed by atoms with Crippen molar-refractivity contribution in [2.75, 3.05) is 0 Å². The van der Waals surface area contributed by atoms with Gasteiger partial charge in [0.1, 0.15) is 5.54 Å². The smallest absolute Gasteiger partial charge is 0.329 e. The van der Waals surface area contributed by atoms with Gasteiger partial charge >= 0.3 is 5.97 Å². The molecule has 1 amide bonds. The van der Waals surface area contributed by atoms with Gasteiger partial charge in [0.15, 0.2) is 0 Å². The number of carboxylic acids is 1. The Bertz CT molecular complexity index is 496. The number of hydrogen-bond donors (Lipinski definition) is 2. The molecule has 0 bridgehead atoms. The number of carbonyl (C=O) groups excluding carboxylic acids is 1. The van der Waals surface area contributed by atoms with Crippen molar-refractivity contribution in [1.29, 1.82) is 0 Å². The summed E-state index contributed by atoms with van der Waals surface area (Å²) in [5.74, 6) is -1.34. The first-order valence-electron chi connectivity index (χ1n) is 6.43. The predicted octanol–water partition coefficient (Wildman–Crippen LogP) is 2.68. The van der Waals surface area contributed by atoms with E-state index in [-0.39, 0.29) is 5.91 Å². The van der Waals surface area contributed by atoms with Crippen molar-refractivity contribution in [3.05, 3.63) is 34.9 Å². The summed E-state index contributed by atoms with van der Waals surface area (Å²) in [5.41, 5.74) is 1.22. The first kappa shape index (κ1) is 15.2. The minimum Gasteiger partial charge on any atom is -0.480 e. The molecule has 0 aliphatic carbocycles. The highest BCUT2D eigenvalue weighted by atomic mass is 16.4. The molecule has 4 heteroatoms. The first-order chi connectivity index (χ1) is 8.80. The number of hydrogen-bond acceptors (Lipinski definition) is 2. The van der Waals surface area contributed by atoms with E-state index in [1.54, 1.807) is 13.0 Å². The molecule has 1 aromatic rings. The van der Waals surface area contributed by atoms with Gasteiger partial charge < -0.3 is 10.4 Å². The van der Waals surface area contributed by atoms with Gasteiger partial charge in [-0.05, 0) is 38.8 Å². The fraction of sp³-hybridized carbons (Fsp3) is 0.467. The fourth-order valence-electron chi connectivity index (χ4n) is 2.11. The highest BCUT2D eigenvalue weighted by molar-refractivity contribution is 5.98. The van der Waals surface area contributed by atoms with Crippen LogP contribution in [0.5, 0.6) is 0 Å². The number of aliphatic carboxylic acids is 1. The molecule has 1 aromatic carbocycles. The number of benzene rings is 1. The predicted molar refractivity (Wildman–Crippen MR) is 74.3 cm³/mol. The zero-order chi connectivity index (χ0) is 14.6. The Kier molecular flexibility index (Phi) is 4.70. The third-order valence-electron chi connectivity index (χ3n) is 3.24. The number of amides is 1.